The third-order valence-corrected chi connectivity index (χ3v) is 2.89. The molecule has 1 heteroatoms. The molecule has 84 valence electrons. The fraction of sp³-hybridized carbons (Fsp3) is 0.333. The van der Waals surface area contributed by atoms with Gasteiger partial charge in [-0.15, -0.1) is 0 Å². The first kappa shape index (κ1) is 11.0. The van der Waals surface area contributed by atoms with Gasteiger partial charge >= 0.3 is 0 Å². The lowest BCUT2D eigenvalue weighted by Crippen LogP contribution is -2.12. The van der Waals surface area contributed by atoms with Crippen molar-refractivity contribution >= 4 is 10.8 Å². The fourth-order valence-corrected chi connectivity index (χ4v) is 2.05. The van der Waals surface area contributed by atoms with Gasteiger partial charge in [0.1, 0.15) is 5.75 Å². The van der Waals surface area contributed by atoms with Crippen molar-refractivity contribution in [2.75, 3.05) is 7.11 Å². The summed E-state index contributed by atoms with van der Waals surface area (Å²) in [5.41, 5.74) is 1.36. The SMILES string of the molecule is COc1c(C(C)(C)C)ccc2ccccc12. The zero-order valence-electron chi connectivity index (χ0n) is 10.4. The maximum Gasteiger partial charge on any atom is 0.130 e. The molecule has 0 amide bonds. The molecule has 16 heavy (non-hydrogen) atoms. The summed E-state index contributed by atoms with van der Waals surface area (Å²) in [6.45, 7) is 6.62. The molecule has 1 nitrogen and oxygen atoms in total. The Hall–Kier alpha value is -1.50. The molecule has 0 atom stereocenters. The van der Waals surface area contributed by atoms with Crippen molar-refractivity contribution in [2.24, 2.45) is 0 Å². The van der Waals surface area contributed by atoms with Crippen LogP contribution in [0, 0.1) is 0 Å². The quantitative estimate of drug-likeness (QED) is 0.693. The van der Waals surface area contributed by atoms with Crippen molar-refractivity contribution in [3.8, 4) is 5.75 Å². The van der Waals surface area contributed by atoms with E-state index >= 15 is 0 Å². The first-order valence-corrected chi connectivity index (χ1v) is 5.60. The van der Waals surface area contributed by atoms with E-state index in [1.165, 1.54) is 16.3 Å². The second-order valence-electron chi connectivity index (χ2n) is 5.12. The van der Waals surface area contributed by atoms with Crippen LogP contribution >= 0.6 is 0 Å². The minimum absolute atomic E-state index is 0.107. The first-order chi connectivity index (χ1) is 7.54. The Kier molecular flexibility index (Phi) is 2.63. The fourth-order valence-electron chi connectivity index (χ4n) is 2.05. The summed E-state index contributed by atoms with van der Waals surface area (Å²) in [4.78, 5) is 0. The summed E-state index contributed by atoms with van der Waals surface area (Å²) in [7, 11) is 1.75. The highest BCUT2D eigenvalue weighted by Crippen LogP contribution is 2.36. The van der Waals surface area contributed by atoms with Crippen LogP contribution in [0.4, 0.5) is 0 Å². The third kappa shape index (κ3) is 1.78. The van der Waals surface area contributed by atoms with E-state index in [1.54, 1.807) is 7.11 Å². The van der Waals surface area contributed by atoms with Gasteiger partial charge in [-0.2, -0.15) is 0 Å². The summed E-state index contributed by atoms with van der Waals surface area (Å²) >= 11 is 0. The van der Waals surface area contributed by atoms with E-state index in [0.29, 0.717) is 0 Å². The van der Waals surface area contributed by atoms with Gasteiger partial charge in [0.05, 0.1) is 7.11 Å². The monoisotopic (exact) mass is 214 g/mol. The maximum atomic E-state index is 5.59. The lowest BCUT2D eigenvalue weighted by Gasteiger charge is -2.23. The van der Waals surface area contributed by atoms with Gasteiger partial charge < -0.3 is 4.74 Å². The van der Waals surface area contributed by atoms with E-state index in [4.69, 9.17) is 4.74 Å². The lowest BCUT2D eigenvalue weighted by molar-refractivity contribution is 0.402. The van der Waals surface area contributed by atoms with E-state index in [0.717, 1.165) is 5.75 Å². The summed E-state index contributed by atoms with van der Waals surface area (Å²) in [5.74, 6) is 1.01. The largest absolute Gasteiger partial charge is 0.496 e. The van der Waals surface area contributed by atoms with Gasteiger partial charge in [-0.05, 0) is 10.8 Å². The number of benzene rings is 2. The molecule has 0 spiro atoms. The minimum atomic E-state index is 0.107. The van der Waals surface area contributed by atoms with Gasteiger partial charge in [-0.3, -0.25) is 0 Å². The number of hydrogen-bond acceptors (Lipinski definition) is 1. The van der Waals surface area contributed by atoms with Crippen molar-refractivity contribution < 1.29 is 4.74 Å². The standard InChI is InChI=1S/C15H18O/c1-15(2,3)13-10-9-11-7-5-6-8-12(11)14(13)16-4/h5-10H,1-4H3. The molecule has 0 N–H and O–H groups in total. The number of rotatable bonds is 1. The molecule has 0 radical (unpaired) electrons. The smallest absolute Gasteiger partial charge is 0.130 e. The first-order valence-electron chi connectivity index (χ1n) is 5.60. The van der Waals surface area contributed by atoms with Crippen molar-refractivity contribution in [1.82, 2.24) is 0 Å². The molecule has 2 aromatic rings. The predicted molar refractivity (Wildman–Crippen MR) is 69.2 cm³/mol. The van der Waals surface area contributed by atoms with Crippen molar-refractivity contribution in [3.05, 3.63) is 42.0 Å². The van der Waals surface area contributed by atoms with E-state index in [2.05, 4.69) is 57.2 Å². The molecule has 2 aromatic carbocycles. The molecule has 0 fully saturated rings. The van der Waals surface area contributed by atoms with Crippen LogP contribution in [-0.2, 0) is 5.41 Å². The Bertz CT molecular complexity index is 506. The van der Waals surface area contributed by atoms with Crippen LogP contribution in [-0.4, -0.2) is 7.11 Å². The molecular weight excluding hydrogens is 196 g/mol. The molecule has 0 aliphatic rings. The van der Waals surface area contributed by atoms with Gasteiger partial charge in [0.25, 0.3) is 0 Å². The molecule has 2 rings (SSSR count). The topological polar surface area (TPSA) is 9.23 Å². The van der Waals surface area contributed by atoms with Crippen LogP contribution in [0.1, 0.15) is 26.3 Å². The van der Waals surface area contributed by atoms with Crippen LogP contribution < -0.4 is 4.74 Å². The molecular formula is C15H18O. The number of methoxy groups -OCH3 is 1. The van der Waals surface area contributed by atoms with E-state index < -0.39 is 0 Å². The third-order valence-electron chi connectivity index (χ3n) is 2.89. The molecule has 0 bridgehead atoms. The van der Waals surface area contributed by atoms with Gasteiger partial charge in [-0.25, -0.2) is 0 Å². The van der Waals surface area contributed by atoms with Crippen LogP contribution in [0.5, 0.6) is 5.75 Å². The zero-order chi connectivity index (χ0) is 11.8. The van der Waals surface area contributed by atoms with Crippen molar-refractivity contribution in [3.63, 3.8) is 0 Å². The van der Waals surface area contributed by atoms with Gasteiger partial charge in [0.2, 0.25) is 0 Å². The van der Waals surface area contributed by atoms with E-state index in [1.807, 2.05) is 0 Å². The summed E-state index contributed by atoms with van der Waals surface area (Å²) in [6.07, 6.45) is 0. The Labute approximate surface area is 97.1 Å². The van der Waals surface area contributed by atoms with Crippen LogP contribution in [0.2, 0.25) is 0 Å². The average molecular weight is 214 g/mol. The number of ether oxygens (including phenoxy) is 1. The molecule has 0 aliphatic heterocycles. The number of fused-ring (bicyclic) bond motifs is 1. The van der Waals surface area contributed by atoms with E-state index in [-0.39, 0.29) is 5.41 Å². The van der Waals surface area contributed by atoms with Crippen LogP contribution in [0.25, 0.3) is 10.8 Å². The normalized spacial score (nSPS) is 11.8. The molecule has 0 aliphatic carbocycles. The Morgan fingerprint density at radius 2 is 1.62 bits per heavy atom. The Morgan fingerprint density at radius 3 is 2.25 bits per heavy atom. The van der Waals surface area contributed by atoms with E-state index in [9.17, 15) is 0 Å². The highest BCUT2D eigenvalue weighted by Gasteiger charge is 2.20. The zero-order valence-corrected chi connectivity index (χ0v) is 10.4. The van der Waals surface area contributed by atoms with Crippen LogP contribution in [0.15, 0.2) is 36.4 Å². The van der Waals surface area contributed by atoms with Gasteiger partial charge in [0.15, 0.2) is 0 Å². The van der Waals surface area contributed by atoms with Crippen LogP contribution in [0.3, 0.4) is 0 Å². The molecule has 0 saturated carbocycles. The molecule has 0 heterocycles. The average Bonchev–Trinajstić information content (AvgIpc) is 2.26. The Morgan fingerprint density at radius 1 is 0.938 bits per heavy atom. The number of hydrogen-bond donors (Lipinski definition) is 0. The highest BCUT2D eigenvalue weighted by atomic mass is 16.5. The maximum absolute atomic E-state index is 5.59. The Balaban J connectivity index is 2.78. The summed E-state index contributed by atoms with van der Waals surface area (Å²) < 4.78 is 5.59. The van der Waals surface area contributed by atoms with Gasteiger partial charge in [0, 0.05) is 10.9 Å². The second-order valence-corrected chi connectivity index (χ2v) is 5.12. The molecule has 0 saturated heterocycles. The van der Waals surface area contributed by atoms with Crippen molar-refractivity contribution in [1.29, 1.82) is 0 Å². The molecule has 0 aromatic heterocycles. The van der Waals surface area contributed by atoms with Crippen molar-refractivity contribution in [2.45, 2.75) is 26.2 Å². The molecule has 0 unspecified atom stereocenters. The summed E-state index contributed by atoms with van der Waals surface area (Å²) in [6, 6.07) is 12.7. The minimum Gasteiger partial charge on any atom is -0.496 e. The van der Waals surface area contributed by atoms with Gasteiger partial charge in [-0.1, -0.05) is 57.2 Å². The summed E-state index contributed by atoms with van der Waals surface area (Å²) in [5, 5.41) is 2.42. The highest BCUT2D eigenvalue weighted by molar-refractivity contribution is 5.89. The lowest BCUT2D eigenvalue weighted by atomic mass is 9.85. The predicted octanol–water partition coefficient (Wildman–Crippen LogP) is 4.15. The second kappa shape index (κ2) is 3.82.